The van der Waals surface area contributed by atoms with Crippen LogP contribution in [0.3, 0.4) is 0 Å². The van der Waals surface area contributed by atoms with E-state index >= 15 is 0 Å². The van der Waals surface area contributed by atoms with Crippen LogP contribution in [-0.4, -0.2) is 32.1 Å². The van der Waals surface area contributed by atoms with Gasteiger partial charge in [-0.3, -0.25) is 0 Å². The summed E-state index contributed by atoms with van der Waals surface area (Å²) in [6.45, 7) is 6.34. The molecule has 0 aliphatic rings. The highest BCUT2D eigenvalue weighted by atomic mass is 16.5. The van der Waals surface area contributed by atoms with Crippen LogP contribution in [0, 0.1) is 0 Å². The molecule has 0 fully saturated rings. The minimum absolute atomic E-state index is 0.637. The lowest BCUT2D eigenvalue weighted by molar-refractivity contribution is 0.281. The summed E-state index contributed by atoms with van der Waals surface area (Å²) in [5, 5.41) is 0. The Bertz CT molecular complexity index is 305. The fourth-order valence-electron chi connectivity index (χ4n) is 1.70. The van der Waals surface area contributed by atoms with Gasteiger partial charge in [0.15, 0.2) is 0 Å². The molecule has 96 valence electrons. The van der Waals surface area contributed by atoms with Crippen molar-refractivity contribution >= 4 is 0 Å². The molecule has 2 nitrogen and oxygen atoms in total. The molecule has 2 heteroatoms. The van der Waals surface area contributed by atoms with Crippen molar-refractivity contribution in [2.45, 2.75) is 32.6 Å². The van der Waals surface area contributed by atoms with E-state index in [-0.39, 0.29) is 0 Å². The maximum absolute atomic E-state index is 5.70. The Labute approximate surface area is 106 Å². The van der Waals surface area contributed by atoms with Crippen LogP contribution in [0.1, 0.15) is 38.2 Å². The van der Waals surface area contributed by atoms with Gasteiger partial charge in [0.25, 0.3) is 0 Å². The van der Waals surface area contributed by atoms with Crippen LogP contribution in [-0.2, 0) is 0 Å². The molecule has 0 radical (unpaired) electrons. The third kappa shape index (κ3) is 5.22. The van der Waals surface area contributed by atoms with Gasteiger partial charge >= 0.3 is 0 Å². The summed E-state index contributed by atoms with van der Waals surface area (Å²) in [6, 6.07) is 8.51. The zero-order valence-electron chi connectivity index (χ0n) is 11.6. The number of rotatable bonds is 7. The van der Waals surface area contributed by atoms with Crippen molar-refractivity contribution in [1.29, 1.82) is 0 Å². The van der Waals surface area contributed by atoms with Gasteiger partial charge in [0, 0.05) is 6.54 Å². The van der Waals surface area contributed by atoms with E-state index < -0.39 is 0 Å². The zero-order valence-corrected chi connectivity index (χ0v) is 11.6. The van der Waals surface area contributed by atoms with Crippen LogP contribution >= 0.6 is 0 Å². The summed E-state index contributed by atoms with van der Waals surface area (Å²) >= 11 is 0. The zero-order chi connectivity index (χ0) is 12.7. The van der Waals surface area contributed by atoms with Crippen LogP contribution in [0.2, 0.25) is 0 Å². The molecule has 0 heterocycles. The first-order valence-corrected chi connectivity index (χ1v) is 6.51. The van der Waals surface area contributed by atoms with E-state index in [1.54, 1.807) is 0 Å². The van der Waals surface area contributed by atoms with E-state index in [4.69, 9.17) is 4.74 Å². The largest absolute Gasteiger partial charge is 0.494 e. The molecule has 0 aliphatic carbocycles. The van der Waals surface area contributed by atoms with E-state index in [0.717, 1.165) is 25.3 Å². The van der Waals surface area contributed by atoms with Gasteiger partial charge in [0.1, 0.15) is 5.75 Å². The van der Waals surface area contributed by atoms with Crippen LogP contribution in [0.25, 0.3) is 0 Å². The summed E-state index contributed by atoms with van der Waals surface area (Å²) in [4.78, 5) is 2.18. The van der Waals surface area contributed by atoms with Gasteiger partial charge in [-0.15, -0.1) is 0 Å². The minimum atomic E-state index is 0.637. The van der Waals surface area contributed by atoms with Gasteiger partial charge in [0.05, 0.1) is 6.61 Å². The van der Waals surface area contributed by atoms with Crippen LogP contribution < -0.4 is 4.74 Å². The fourth-order valence-corrected chi connectivity index (χ4v) is 1.70. The Morgan fingerprint density at radius 2 is 1.82 bits per heavy atom. The van der Waals surface area contributed by atoms with Gasteiger partial charge in [-0.05, 0) is 50.6 Å². The smallest absolute Gasteiger partial charge is 0.119 e. The normalized spacial score (nSPS) is 12.8. The monoisotopic (exact) mass is 235 g/mol. The van der Waals surface area contributed by atoms with Crippen molar-refractivity contribution < 1.29 is 4.74 Å². The Kier molecular flexibility index (Phi) is 6.06. The maximum atomic E-state index is 5.70. The first kappa shape index (κ1) is 14.0. The summed E-state index contributed by atoms with van der Waals surface area (Å²) in [6.07, 6.45) is 2.25. The van der Waals surface area contributed by atoms with E-state index in [1.807, 2.05) is 0 Å². The van der Waals surface area contributed by atoms with Crippen molar-refractivity contribution in [2.75, 3.05) is 27.2 Å². The fraction of sp³-hybridized carbons (Fsp3) is 0.600. The number of ether oxygens (including phenoxy) is 1. The molecule has 0 spiro atoms. The lowest BCUT2D eigenvalue weighted by Crippen LogP contribution is -2.15. The van der Waals surface area contributed by atoms with Gasteiger partial charge in [-0.1, -0.05) is 26.0 Å². The molecule has 0 aromatic heterocycles. The summed E-state index contributed by atoms with van der Waals surface area (Å²) in [5.74, 6) is 1.62. The standard InChI is InChI=1S/C15H25NO/c1-5-13(2)14-7-9-15(10-8-14)17-12-6-11-16(3)4/h7-10,13H,5-6,11-12H2,1-4H3. The van der Waals surface area contributed by atoms with Crippen molar-refractivity contribution in [1.82, 2.24) is 4.90 Å². The second-order valence-electron chi connectivity index (χ2n) is 4.88. The SMILES string of the molecule is CCC(C)c1ccc(OCCCN(C)C)cc1. The molecular formula is C15H25NO. The van der Waals surface area contributed by atoms with Gasteiger partial charge in [0.2, 0.25) is 0 Å². The highest BCUT2D eigenvalue weighted by Crippen LogP contribution is 2.21. The third-order valence-electron chi connectivity index (χ3n) is 3.08. The van der Waals surface area contributed by atoms with E-state index in [0.29, 0.717) is 5.92 Å². The van der Waals surface area contributed by atoms with Gasteiger partial charge < -0.3 is 9.64 Å². The number of hydrogen-bond donors (Lipinski definition) is 0. The molecule has 0 N–H and O–H groups in total. The second kappa shape index (κ2) is 7.33. The summed E-state index contributed by atoms with van der Waals surface area (Å²) < 4.78 is 5.70. The second-order valence-corrected chi connectivity index (χ2v) is 4.88. The highest BCUT2D eigenvalue weighted by molar-refractivity contribution is 5.29. The number of nitrogens with zero attached hydrogens (tertiary/aromatic N) is 1. The Balaban J connectivity index is 2.35. The molecule has 1 aromatic carbocycles. The van der Waals surface area contributed by atoms with Crippen molar-refractivity contribution in [2.24, 2.45) is 0 Å². The quantitative estimate of drug-likeness (QED) is 0.670. The number of hydrogen-bond acceptors (Lipinski definition) is 2. The lowest BCUT2D eigenvalue weighted by Gasteiger charge is -2.12. The van der Waals surface area contributed by atoms with E-state index in [9.17, 15) is 0 Å². The minimum Gasteiger partial charge on any atom is -0.494 e. The first-order valence-electron chi connectivity index (χ1n) is 6.51. The molecule has 0 aliphatic heterocycles. The molecule has 1 rings (SSSR count). The Hall–Kier alpha value is -1.02. The molecule has 0 amide bonds. The maximum Gasteiger partial charge on any atom is 0.119 e. The van der Waals surface area contributed by atoms with Crippen LogP contribution in [0.15, 0.2) is 24.3 Å². The van der Waals surface area contributed by atoms with Crippen molar-refractivity contribution in [3.63, 3.8) is 0 Å². The third-order valence-corrected chi connectivity index (χ3v) is 3.08. The summed E-state index contributed by atoms with van der Waals surface area (Å²) in [5.41, 5.74) is 1.40. The summed E-state index contributed by atoms with van der Waals surface area (Å²) in [7, 11) is 4.17. The molecule has 1 atom stereocenters. The number of benzene rings is 1. The van der Waals surface area contributed by atoms with Crippen molar-refractivity contribution in [3.8, 4) is 5.75 Å². The molecule has 0 saturated carbocycles. The topological polar surface area (TPSA) is 12.5 Å². The van der Waals surface area contributed by atoms with Crippen molar-refractivity contribution in [3.05, 3.63) is 29.8 Å². The van der Waals surface area contributed by atoms with E-state index in [2.05, 4.69) is 57.1 Å². The molecule has 1 aromatic rings. The highest BCUT2D eigenvalue weighted by Gasteiger charge is 2.02. The molecular weight excluding hydrogens is 210 g/mol. The molecule has 17 heavy (non-hydrogen) atoms. The average molecular weight is 235 g/mol. The molecule has 0 bridgehead atoms. The predicted molar refractivity (Wildman–Crippen MR) is 73.8 cm³/mol. The predicted octanol–water partition coefficient (Wildman–Crippen LogP) is 3.53. The average Bonchev–Trinajstić information content (AvgIpc) is 2.34. The molecule has 0 saturated heterocycles. The Morgan fingerprint density at radius 1 is 1.18 bits per heavy atom. The lowest BCUT2D eigenvalue weighted by atomic mass is 9.99. The van der Waals surface area contributed by atoms with Crippen LogP contribution in [0.5, 0.6) is 5.75 Å². The molecule has 1 unspecified atom stereocenters. The van der Waals surface area contributed by atoms with Gasteiger partial charge in [-0.25, -0.2) is 0 Å². The van der Waals surface area contributed by atoms with Gasteiger partial charge in [-0.2, -0.15) is 0 Å². The van der Waals surface area contributed by atoms with E-state index in [1.165, 1.54) is 12.0 Å². The first-order chi connectivity index (χ1) is 8.13. The Morgan fingerprint density at radius 3 is 2.35 bits per heavy atom. The van der Waals surface area contributed by atoms with Crippen LogP contribution in [0.4, 0.5) is 0 Å².